The van der Waals surface area contributed by atoms with Crippen LogP contribution in [0, 0.1) is 13.8 Å². The molecule has 0 saturated heterocycles. The summed E-state index contributed by atoms with van der Waals surface area (Å²) in [4.78, 5) is 12.1. The third-order valence-electron chi connectivity index (χ3n) is 5.12. The number of benzene rings is 3. The molecule has 35 heavy (non-hydrogen) atoms. The zero-order valence-corrected chi connectivity index (χ0v) is 21.4. The maximum Gasteiger partial charge on any atom is 0.261 e. The van der Waals surface area contributed by atoms with Gasteiger partial charge in [-0.2, -0.15) is 0 Å². The van der Waals surface area contributed by atoms with Crippen LogP contribution in [0.15, 0.2) is 70.5 Å². The maximum absolute atomic E-state index is 12.9. The summed E-state index contributed by atoms with van der Waals surface area (Å²) in [7, 11) is -6.56. The topological polar surface area (TPSA) is 131 Å². The number of amides is 1. The fraction of sp³-hybridized carbons (Fsp3) is 0.208. The van der Waals surface area contributed by atoms with Gasteiger partial charge in [0.25, 0.3) is 26.0 Å². The summed E-state index contributed by atoms with van der Waals surface area (Å²) in [5, 5.41) is 2.61. The molecule has 0 aliphatic heterocycles. The first-order valence-electron chi connectivity index (χ1n) is 10.7. The molecule has 0 unspecified atom stereocenters. The molecule has 0 aliphatic carbocycles. The fourth-order valence-electron chi connectivity index (χ4n) is 3.25. The Morgan fingerprint density at radius 1 is 0.829 bits per heavy atom. The highest BCUT2D eigenvalue weighted by atomic mass is 32.2. The summed E-state index contributed by atoms with van der Waals surface area (Å²) < 4.78 is 61.5. The van der Waals surface area contributed by atoms with E-state index < -0.39 is 26.0 Å². The zero-order valence-electron chi connectivity index (χ0n) is 19.7. The molecule has 3 aromatic rings. The van der Waals surface area contributed by atoms with E-state index in [0.717, 1.165) is 11.1 Å². The van der Waals surface area contributed by atoms with Crippen molar-refractivity contribution in [2.75, 3.05) is 23.1 Å². The van der Waals surface area contributed by atoms with Crippen molar-refractivity contribution in [3.05, 3.63) is 77.4 Å². The van der Waals surface area contributed by atoms with Gasteiger partial charge in [-0.15, -0.1) is 0 Å². The minimum absolute atomic E-state index is 0.0238. The van der Waals surface area contributed by atoms with E-state index in [1.807, 2.05) is 19.1 Å². The number of methoxy groups -OCH3 is 1. The molecule has 3 N–H and O–H groups in total. The number of rotatable bonds is 9. The van der Waals surface area contributed by atoms with E-state index in [-0.39, 0.29) is 26.8 Å². The van der Waals surface area contributed by atoms with Crippen LogP contribution in [0.2, 0.25) is 0 Å². The number of hydrogen-bond acceptors (Lipinski definition) is 6. The van der Waals surface area contributed by atoms with E-state index >= 15 is 0 Å². The highest BCUT2D eigenvalue weighted by Gasteiger charge is 2.21. The van der Waals surface area contributed by atoms with E-state index in [4.69, 9.17) is 4.74 Å². The molecule has 186 valence electrons. The van der Waals surface area contributed by atoms with E-state index in [9.17, 15) is 21.6 Å². The summed E-state index contributed by atoms with van der Waals surface area (Å²) in [5.41, 5.74) is 2.39. The van der Waals surface area contributed by atoms with Crippen molar-refractivity contribution in [3.8, 4) is 5.75 Å². The molecule has 9 nitrogen and oxygen atoms in total. The molecule has 0 fully saturated rings. The van der Waals surface area contributed by atoms with E-state index in [2.05, 4.69) is 14.8 Å². The lowest BCUT2D eigenvalue weighted by atomic mass is 10.1. The van der Waals surface area contributed by atoms with Crippen LogP contribution in [-0.2, 0) is 20.0 Å². The number of ether oxygens (including phenoxy) is 1. The third-order valence-corrected chi connectivity index (χ3v) is 7.88. The SMILES string of the molecule is CCNC(=O)c1cc(S(=O)(=O)Nc2ccc(S(=O)(=O)Nc3cc(C)ccc3C)cc2)ccc1OC. The van der Waals surface area contributed by atoms with E-state index in [0.29, 0.717) is 12.2 Å². The number of carbonyl (C=O) groups is 1. The molecule has 3 rings (SSSR count). The van der Waals surface area contributed by atoms with Gasteiger partial charge in [0.15, 0.2) is 0 Å². The molecule has 0 saturated carbocycles. The summed E-state index contributed by atoms with van der Waals surface area (Å²) in [6.07, 6.45) is 0. The summed E-state index contributed by atoms with van der Waals surface area (Å²) in [5.74, 6) is -0.229. The molecule has 0 heterocycles. The van der Waals surface area contributed by atoms with Crippen LogP contribution in [-0.4, -0.2) is 36.4 Å². The molecule has 11 heteroatoms. The smallest absolute Gasteiger partial charge is 0.261 e. The molecule has 0 atom stereocenters. The van der Waals surface area contributed by atoms with Gasteiger partial charge in [0.1, 0.15) is 5.75 Å². The molecule has 3 aromatic carbocycles. The van der Waals surface area contributed by atoms with Gasteiger partial charge in [0.2, 0.25) is 0 Å². The van der Waals surface area contributed by atoms with Crippen LogP contribution in [0.25, 0.3) is 0 Å². The first kappa shape index (κ1) is 26.0. The molecule has 0 bridgehead atoms. The van der Waals surface area contributed by atoms with Gasteiger partial charge in [0.05, 0.1) is 28.2 Å². The Bertz CT molecular complexity index is 1450. The van der Waals surface area contributed by atoms with Gasteiger partial charge in [-0.1, -0.05) is 12.1 Å². The van der Waals surface area contributed by atoms with Crippen molar-refractivity contribution in [3.63, 3.8) is 0 Å². The van der Waals surface area contributed by atoms with Crippen molar-refractivity contribution in [1.29, 1.82) is 0 Å². The lowest BCUT2D eigenvalue weighted by Crippen LogP contribution is -2.24. The molecule has 0 aromatic heterocycles. The minimum atomic E-state index is -4.07. The number of sulfonamides is 2. The second-order valence-electron chi connectivity index (χ2n) is 7.78. The Kier molecular flexibility index (Phi) is 7.71. The molecular formula is C24H27N3O6S2. The summed E-state index contributed by atoms with van der Waals surface area (Å²) in [6.45, 7) is 5.77. The van der Waals surface area contributed by atoms with Crippen molar-refractivity contribution in [2.24, 2.45) is 0 Å². The first-order valence-corrected chi connectivity index (χ1v) is 13.6. The quantitative estimate of drug-likeness (QED) is 0.397. The standard InChI is InChI=1S/C24H27N3O6S2/c1-5-25-24(28)21-15-20(12-13-23(21)33-4)35(31,32)26-18-8-10-19(11-9-18)34(29,30)27-22-14-16(2)6-7-17(22)3/h6-15,26-27H,5H2,1-4H3,(H,25,28). The Morgan fingerprint density at radius 2 is 1.46 bits per heavy atom. The van der Waals surface area contributed by atoms with Crippen LogP contribution < -0.4 is 19.5 Å². The van der Waals surface area contributed by atoms with Crippen molar-refractivity contribution in [2.45, 2.75) is 30.6 Å². The van der Waals surface area contributed by atoms with Crippen LogP contribution in [0.1, 0.15) is 28.4 Å². The average molecular weight is 518 g/mol. The molecular weight excluding hydrogens is 490 g/mol. The Labute approximate surface area is 205 Å². The largest absolute Gasteiger partial charge is 0.496 e. The van der Waals surface area contributed by atoms with Crippen LogP contribution in [0.3, 0.4) is 0 Å². The van der Waals surface area contributed by atoms with Gasteiger partial charge >= 0.3 is 0 Å². The van der Waals surface area contributed by atoms with Gasteiger partial charge < -0.3 is 10.1 Å². The summed E-state index contributed by atoms with van der Waals surface area (Å²) >= 11 is 0. The van der Waals surface area contributed by atoms with Gasteiger partial charge in [-0.3, -0.25) is 14.2 Å². The fourth-order valence-corrected chi connectivity index (χ4v) is 5.46. The molecule has 1 amide bonds. The molecule has 0 spiro atoms. The summed E-state index contributed by atoms with van der Waals surface area (Å²) in [6, 6.07) is 14.7. The second kappa shape index (κ2) is 10.4. The van der Waals surface area contributed by atoms with Crippen LogP contribution in [0.5, 0.6) is 5.75 Å². The predicted molar refractivity (Wildman–Crippen MR) is 135 cm³/mol. The van der Waals surface area contributed by atoms with Crippen molar-refractivity contribution in [1.82, 2.24) is 5.32 Å². The highest BCUT2D eigenvalue weighted by molar-refractivity contribution is 7.93. The lowest BCUT2D eigenvalue weighted by molar-refractivity contribution is 0.0952. The normalized spacial score (nSPS) is 11.5. The van der Waals surface area contributed by atoms with Gasteiger partial charge in [-0.25, -0.2) is 16.8 Å². The van der Waals surface area contributed by atoms with E-state index in [1.165, 1.54) is 49.6 Å². The van der Waals surface area contributed by atoms with Crippen LogP contribution >= 0.6 is 0 Å². The molecule has 0 aliphatic rings. The Balaban J connectivity index is 1.83. The van der Waals surface area contributed by atoms with Crippen molar-refractivity contribution < 1.29 is 26.4 Å². The first-order chi connectivity index (χ1) is 16.5. The van der Waals surface area contributed by atoms with Gasteiger partial charge in [0, 0.05) is 12.2 Å². The van der Waals surface area contributed by atoms with Gasteiger partial charge in [-0.05, 0) is 80.4 Å². The lowest BCUT2D eigenvalue weighted by Gasteiger charge is -2.13. The Hall–Kier alpha value is -3.57. The number of anilines is 2. The number of aryl methyl sites for hydroxylation is 2. The number of carbonyl (C=O) groups excluding carboxylic acids is 1. The average Bonchev–Trinajstić information content (AvgIpc) is 2.81. The van der Waals surface area contributed by atoms with Crippen LogP contribution in [0.4, 0.5) is 11.4 Å². The third kappa shape index (κ3) is 6.11. The Morgan fingerprint density at radius 3 is 2.09 bits per heavy atom. The van der Waals surface area contributed by atoms with E-state index in [1.54, 1.807) is 19.9 Å². The monoisotopic (exact) mass is 517 g/mol. The minimum Gasteiger partial charge on any atom is -0.496 e. The number of hydrogen-bond donors (Lipinski definition) is 3. The zero-order chi connectivity index (χ0) is 25.8. The maximum atomic E-state index is 12.9. The van der Waals surface area contributed by atoms with Crippen molar-refractivity contribution >= 4 is 37.3 Å². The molecule has 0 radical (unpaired) electrons. The second-order valence-corrected chi connectivity index (χ2v) is 11.1. The number of nitrogens with one attached hydrogen (secondary N) is 3. The predicted octanol–water partition coefficient (Wildman–Crippen LogP) is 3.66. The highest BCUT2D eigenvalue weighted by Crippen LogP contribution is 2.26.